The first kappa shape index (κ1) is 13.3. The highest BCUT2D eigenvalue weighted by atomic mass is 16.3. The van der Waals surface area contributed by atoms with Crippen molar-refractivity contribution < 1.29 is 5.11 Å². The molecule has 0 fully saturated rings. The van der Waals surface area contributed by atoms with Crippen molar-refractivity contribution in [2.24, 2.45) is 0 Å². The van der Waals surface area contributed by atoms with E-state index in [9.17, 15) is 5.11 Å². The van der Waals surface area contributed by atoms with Gasteiger partial charge >= 0.3 is 0 Å². The van der Waals surface area contributed by atoms with Gasteiger partial charge in [-0.2, -0.15) is 0 Å². The van der Waals surface area contributed by atoms with E-state index in [1.54, 1.807) is 0 Å². The van der Waals surface area contributed by atoms with Crippen LogP contribution in [0.1, 0.15) is 18.6 Å². The first-order valence-electron chi connectivity index (χ1n) is 6.32. The third-order valence-corrected chi connectivity index (χ3v) is 2.69. The smallest absolute Gasteiger partial charge is 0.131 e. The van der Waals surface area contributed by atoms with Crippen LogP contribution in [0.25, 0.3) is 0 Å². The fourth-order valence-electron chi connectivity index (χ4n) is 1.73. The largest absolute Gasteiger partial charge is 0.387 e. The molecule has 0 aliphatic carbocycles. The second kappa shape index (κ2) is 6.70. The lowest BCUT2D eigenvalue weighted by atomic mass is 10.1. The highest BCUT2D eigenvalue weighted by molar-refractivity contribution is 5.46. The Morgan fingerprint density at radius 3 is 2.47 bits per heavy atom. The SMILES string of the molecule is CCNc1cc(NCC(O)c2ccccc2)ncn1. The molecule has 0 amide bonds. The quantitative estimate of drug-likeness (QED) is 0.740. The van der Waals surface area contributed by atoms with Crippen molar-refractivity contribution in [2.45, 2.75) is 13.0 Å². The number of hydrogen-bond acceptors (Lipinski definition) is 5. The van der Waals surface area contributed by atoms with Gasteiger partial charge in [0.05, 0.1) is 6.10 Å². The molecule has 1 heterocycles. The Bertz CT molecular complexity index is 504. The fourth-order valence-corrected chi connectivity index (χ4v) is 1.73. The van der Waals surface area contributed by atoms with Gasteiger partial charge in [-0.05, 0) is 12.5 Å². The summed E-state index contributed by atoms with van der Waals surface area (Å²) in [5.74, 6) is 1.47. The lowest BCUT2D eigenvalue weighted by Gasteiger charge is -2.13. The van der Waals surface area contributed by atoms with Crippen LogP contribution in [0.3, 0.4) is 0 Å². The summed E-state index contributed by atoms with van der Waals surface area (Å²) in [6.45, 7) is 3.23. The van der Waals surface area contributed by atoms with Crippen molar-refractivity contribution in [1.82, 2.24) is 9.97 Å². The zero-order chi connectivity index (χ0) is 13.5. The number of benzene rings is 1. The normalized spacial score (nSPS) is 11.9. The van der Waals surface area contributed by atoms with Crippen LogP contribution in [-0.2, 0) is 0 Å². The minimum Gasteiger partial charge on any atom is -0.387 e. The number of aromatic nitrogens is 2. The summed E-state index contributed by atoms with van der Waals surface area (Å²) in [5, 5.41) is 16.2. The Morgan fingerprint density at radius 2 is 1.79 bits per heavy atom. The van der Waals surface area contributed by atoms with Gasteiger partial charge in [0, 0.05) is 19.2 Å². The molecule has 0 aliphatic rings. The fraction of sp³-hybridized carbons (Fsp3) is 0.286. The molecule has 0 bridgehead atoms. The van der Waals surface area contributed by atoms with Crippen molar-refractivity contribution in [3.05, 3.63) is 48.3 Å². The lowest BCUT2D eigenvalue weighted by molar-refractivity contribution is 0.191. The van der Waals surface area contributed by atoms with E-state index < -0.39 is 6.10 Å². The summed E-state index contributed by atoms with van der Waals surface area (Å²) in [6.07, 6.45) is 0.939. The molecule has 0 aliphatic heterocycles. The number of aliphatic hydroxyl groups excluding tert-OH is 1. The van der Waals surface area contributed by atoms with E-state index in [4.69, 9.17) is 0 Å². The third-order valence-electron chi connectivity index (χ3n) is 2.69. The first-order valence-corrected chi connectivity index (χ1v) is 6.32. The molecule has 0 saturated heterocycles. The molecule has 19 heavy (non-hydrogen) atoms. The molecule has 1 aromatic heterocycles. The van der Waals surface area contributed by atoms with E-state index in [0.29, 0.717) is 12.4 Å². The van der Waals surface area contributed by atoms with Crippen molar-refractivity contribution in [3.63, 3.8) is 0 Å². The molecule has 3 N–H and O–H groups in total. The zero-order valence-electron chi connectivity index (χ0n) is 10.9. The minimum atomic E-state index is -0.557. The summed E-state index contributed by atoms with van der Waals surface area (Å²) >= 11 is 0. The molecular weight excluding hydrogens is 240 g/mol. The van der Waals surface area contributed by atoms with Crippen molar-refractivity contribution in [2.75, 3.05) is 23.7 Å². The Balaban J connectivity index is 1.93. The van der Waals surface area contributed by atoms with Crippen LogP contribution >= 0.6 is 0 Å². The lowest BCUT2D eigenvalue weighted by Crippen LogP contribution is -2.13. The van der Waals surface area contributed by atoms with Crippen LogP contribution in [0.5, 0.6) is 0 Å². The molecular formula is C14H18N4O. The van der Waals surface area contributed by atoms with Gasteiger partial charge in [-0.25, -0.2) is 9.97 Å². The predicted molar refractivity (Wildman–Crippen MR) is 76.1 cm³/mol. The van der Waals surface area contributed by atoms with Gasteiger partial charge in [-0.15, -0.1) is 0 Å². The summed E-state index contributed by atoms with van der Waals surface area (Å²) in [6, 6.07) is 11.4. The molecule has 0 spiro atoms. The monoisotopic (exact) mass is 258 g/mol. The highest BCUT2D eigenvalue weighted by Gasteiger charge is 2.06. The van der Waals surface area contributed by atoms with E-state index >= 15 is 0 Å². The van der Waals surface area contributed by atoms with Crippen LogP contribution in [0.15, 0.2) is 42.7 Å². The van der Waals surface area contributed by atoms with Gasteiger partial charge in [-0.1, -0.05) is 30.3 Å². The van der Waals surface area contributed by atoms with Gasteiger partial charge in [0.15, 0.2) is 0 Å². The topological polar surface area (TPSA) is 70.1 Å². The van der Waals surface area contributed by atoms with E-state index in [0.717, 1.165) is 17.9 Å². The maximum absolute atomic E-state index is 10.0. The van der Waals surface area contributed by atoms with Gasteiger partial charge in [-0.3, -0.25) is 0 Å². The highest BCUT2D eigenvalue weighted by Crippen LogP contribution is 2.14. The summed E-state index contributed by atoms with van der Waals surface area (Å²) in [7, 11) is 0. The number of anilines is 2. The number of aliphatic hydroxyl groups is 1. The summed E-state index contributed by atoms with van der Waals surface area (Å²) in [5.41, 5.74) is 0.885. The standard InChI is InChI=1S/C14H18N4O/c1-2-15-13-8-14(18-10-17-13)16-9-12(19)11-6-4-3-5-7-11/h3-8,10,12,19H,2,9H2,1H3,(H2,15,16,17,18). The molecule has 5 nitrogen and oxygen atoms in total. The van der Waals surface area contributed by atoms with Crippen LogP contribution in [0.2, 0.25) is 0 Å². The predicted octanol–water partition coefficient (Wildman–Crippen LogP) is 2.05. The Morgan fingerprint density at radius 1 is 1.11 bits per heavy atom. The molecule has 100 valence electrons. The Labute approximate surface area is 112 Å². The molecule has 5 heteroatoms. The first-order chi connectivity index (χ1) is 9.29. The second-order valence-corrected chi connectivity index (χ2v) is 4.13. The Kier molecular flexibility index (Phi) is 4.69. The minimum absolute atomic E-state index is 0.409. The van der Waals surface area contributed by atoms with Crippen LogP contribution in [-0.4, -0.2) is 28.2 Å². The number of hydrogen-bond donors (Lipinski definition) is 3. The molecule has 0 saturated carbocycles. The molecule has 2 rings (SSSR count). The zero-order valence-corrected chi connectivity index (χ0v) is 10.9. The second-order valence-electron chi connectivity index (χ2n) is 4.13. The number of rotatable bonds is 6. The summed E-state index contributed by atoms with van der Waals surface area (Å²) in [4.78, 5) is 8.20. The average Bonchev–Trinajstić information content (AvgIpc) is 2.46. The van der Waals surface area contributed by atoms with Crippen molar-refractivity contribution in [3.8, 4) is 0 Å². The van der Waals surface area contributed by atoms with Crippen molar-refractivity contribution in [1.29, 1.82) is 0 Å². The van der Waals surface area contributed by atoms with Gasteiger partial charge in [0.1, 0.15) is 18.0 Å². The maximum Gasteiger partial charge on any atom is 0.131 e. The molecule has 1 aromatic carbocycles. The van der Waals surface area contributed by atoms with Crippen molar-refractivity contribution >= 4 is 11.6 Å². The van der Waals surface area contributed by atoms with E-state index in [2.05, 4.69) is 20.6 Å². The average molecular weight is 258 g/mol. The maximum atomic E-state index is 10.0. The Hall–Kier alpha value is -2.14. The van der Waals surface area contributed by atoms with Gasteiger partial charge in [0.2, 0.25) is 0 Å². The summed E-state index contributed by atoms with van der Waals surface area (Å²) < 4.78 is 0. The van der Waals surface area contributed by atoms with E-state index in [1.165, 1.54) is 6.33 Å². The molecule has 0 radical (unpaired) electrons. The molecule has 1 unspecified atom stereocenters. The van der Waals surface area contributed by atoms with E-state index in [-0.39, 0.29) is 0 Å². The van der Waals surface area contributed by atoms with Crippen LogP contribution in [0.4, 0.5) is 11.6 Å². The van der Waals surface area contributed by atoms with Gasteiger partial charge < -0.3 is 15.7 Å². The molecule has 2 aromatic rings. The number of nitrogens with zero attached hydrogens (tertiary/aromatic N) is 2. The molecule has 1 atom stereocenters. The third kappa shape index (κ3) is 3.93. The van der Waals surface area contributed by atoms with Crippen LogP contribution in [0, 0.1) is 0 Å². The van der Waals surface area contributed by atoms with E-state index in [1.807, 2.05) is 43.3 Å². The van der Waals surface area contributed by atoms with Crippen LogP contribution < -0.4 is 10.6 Å². The number of nitrogens with one attached hydrogen (secondary N) is 2. The van der Waals surface area contributed by atoms with Gasteiger partial charge in [0.25, 0.3) is 0 Å².